The summed E-state index contributed by atoms with van der Waals surface area (Å²) in [5.41, 5.74) is -0.683. The summed E-state index contributed by atoms with van der Waals surface area (Å²) in [6.07, 6.45) is 4.43. The number of nitrogens with zero attached hydrogens (tertiary/aromatic N) is 1. The van der Waals surface area contributed by atoms with Gasteiger partial charge in [-0.2, -0.15) is 0 Å². The van der Waals surface area contributed by atoms with Gasteiger partial charge in [-0.1, -0.05) is 13.3 Å². The largest absolute Gasteiger partial charge is 0.480 e. The Hall–Kier alpha value is -1.10. The fourth-order valence-corrected chi connectivity index (χ4v) is 2.86. The number of amides is 1. The summed E-state index contributed by atoms with van der Waals surface area (Å²) in [5.74, 6) is -0.688. The van der Waals surface area contributed by atoms with E-state index in [1.54, 1.807) is 7.05 Å². The molecule has 0 aromatic heterocycles. The number of hydrogen-bond acceptors (Lipinski definition) is 3. The summed E-state index contributed by atoms with van der Waals surface area (Å²) in [4.78, 5) is 24.8. The molecule has 0 aliphatic carbocycles. The second kappa shape index (κ2) is 6.73. The van der Waals surface area contributed by atoms with Crippen LogP contribution in [0.25, 0.3) is 0 Å². The van der Waals surface area contributed by atoms with E-state index in [9.17, 15) is 14.7 Å². The zero-order valence-electron chi connectivity index (χ0n) is 11.4. The van der Waals surface area contributed by atoms with E-state index in [4.69, 9.17) is 0 Å². The Labute approximate surface area is 109 Å². The van der Waals surface area contributed by atoms with Crippen LogP contribution in [0.2, 0.25) is 0 Å². The van der Waals surface area contributed by atoms with Gasteiger partial charge in [-0.05, 0) is 38.8 Å². The van der Waals surface area contributed by atoms with Crippen molar-refractivity contribution in [1.82, 2.24) is 10.2 Å². The molecule has 18 heavy (non-hydrogen) atoms. The average molecular weight is 256 g/mol. The van der Waals surface area contributed by atoms with Crippen molar-refractivity contribution >= 4 is 11.9 Å². The molecular weight excluding hydrogens is 232 g/mol. The van der Waals surface area contributed by atoms with E-state index in [2.05, 4.69) is 10.2 Å². The molecule has 1 fully saturated rings. The Morgan fingerprint density at radius 3 is 2.72 bits per heavy atom. The lowest BCUT2D eigenvalue weighted by molar-refractivity contribution is -0.150. The summed E-state index contributed by atoms with van der Waals surface area (Å²) in [6, 6.07) is 0. The summed E-state index contributed by atoms with van der Waals surface area (Å²) in [7, 11) is 1.62. The maximum Gasteiger partial charge on any atom is 0.324 e. The van der Waals surface area contributed by atoms with Crippen molar-refractivity contribution in [1.29, 1.82) is 0 Å². The number of rotatable bonds is 7. The maximum atomic E-state index is 11.6. The molecule has 0 spiro atoms. The van der Waals surface area contributed by atoms with Gasteiger partial charge in [0.25, 0.3) is 0 Å². The maximum absolute atomic E-state index is 11.6. The van der Waals surface area contributed by atoms with E-state index in [-0.39, 0.29) is 5.91 Å². The molecule has 0 radical (unpaired) electrons. The number of aliphatic carboxylic acids is 1. The topological polar surface area (TPSA) is 69.6 Å². The van der Waals surface area contributed by atoms with Crippen LogP contribution in [0.15, 0.2) is 0 Å². The van der Waals surface area contributed by atoms with Gasteiger partial charge in [0.2, 0.25) is 5.91 Å². The van der Waals surface area contributed by atoms with Crippen molar-refractivity contribution in [3.63, 3.8) is 0 Å². The molecule has 1 atom stereocenters. The van der Waals surface area contributed by atoms with Crippen LogP contribution < -0.4 is 5.32 Å². The van der Waals surface area contributed by atoms with E-state index in [1.807, 2.05) is 6.92 Å². The van der Waals surface area contributed by atoms with Crippen molar-refractivity contribution < 1.29 is 14.7 Å². The van der Waals surface area contributed by atoms with Crippen molar-refractivity contribution in [2.45, 2.75) is 51.0 Å². The zero-order valence-corrected chi connectivity index (χ0v) is 11.4. The first kappa shape index (κ1) is 15.0. The van der Waals surface area contributed by atoms with Gasteiger partial charge in [0, 0.05) is 13.5 Å². The molecule has 0 saturated carbocycles. The van der Waals surface area contributed by atoms with Crippen LogP contribution in [0.1, 0.15) is 45.4 Å². The van der Waals surface area contributed by atoms with Gasteiger partial charge in [-0.25, -0.2) is 0 Å². The predicted octanol–water partition coefficient (Wildman–Crippen LogP) is 1.23. The number of carboxylic acids is 1. The normalized spacial score (nSPS) is 24.1. The third-order valence-electron chi connectivity index (χ3n) is 3.80. The van der Waals surface area contributed by atoms with Crippen molar-refractivity contribution in [3.8, 4) is 0 Å². The molecule has 1 rings (SSSR count). The van der Waals surface area contributed by atoms with E-state index in [1.165, 1.54) is 0 Å². The molecule has 0 aromatic carbocycles. The van der Waals surface area contributed by atoms with Crippen LogP contribution in [0, 0.1) is 0 Å². The van der Waals surface area contributed by atoms with Gasteiger partial charge in [-0.15, -0.1) is 0 Å². The Kier molecular flexibility index (Phi) is 5.59. The number of nitrogens with one attached hydrogen (secondary N) is 1. The lowest BCUT2D eigenvalue weighted by Crippen LogP contribution is -2.50. The SMILES string of the molecule is CCCC1(C(=O)O)CCCN1CCCC(=O)NC. The summed E-state index contributed by atoms with van der Waals surface area (Å²) >= 11 is 0. The van der Waals surface area contributed by atoms with Crippen molar-refractivity contribution in [2.75, 3.05) is 20.1 Å². The molecule has 5 heteroatoms. The van der Waals surface area contributed by atoms with E-state index in [0.29, 0.717) is 19.4 Å². The molecule has 1 unspecified atom stereocenters. The van der Waals surface area contributed by atoms with Gasteiger partial charge in [-0.3, -0.25) is 14.5 Å². The molecule has 1 aliphatic heterocycles. The fraction of sp³-hybridized carbons (Fsp3) is 0.846. The molecule has 0 aromatic rings. The van der Waals surface area contributed by atoms with Gasteiger partial charge in [0.15, 0.2) is 0 Å². The monoisotopic (exact) mass is 256 g/mol. The fourth-order valence-electron chi connectivity index (χ4n) is 2.86. The van der Waals surface area contributed by atoms with Crippen LogP contribution in [-0.2, 0) is 9.59 Å². The van der Waals surface area contributed by atoms with Crippen LogP contribution in [0.3, 0.4) is 0 Å². The Morgan fingerprint density at radius 2 is 2.17 bits per heavy atom. The highest BCUT2D eigenvalue weighted by molar-refractivity contribution is 5.79. The van der Waals surface area contributed by atoms with Crippen molar-refractivity contribution in [2.24, 2.45) is 0 Å². The second-order valence-electron chi connectivity index (χ2n) is 4.95. The lowest BCUT2D eigenvalue weighted by atomic mass is 9.90. The van der Waals surface area contributed by atoms with Crippen LogP contribution in [0.4, 0.5) is 0 Å². The summed E-state index contributed by atoms with van der Waals surface area (Å²) < 4.78 is 0. The van der Waals surface area contributed by atoms with E-state index in [0.717, 1.165) is 32.2 Å². The number of hydrogen-bond donors (Lipinski definition) is 2. The summed E-state index contributed by atoms with van der Waals surface area (Å²) in [5, 5.41) is 12.1. The molecule has 1 saturated heterocycles. The highest BCUT2D eigenvalue weighted by Gasteiger charge is 2.46. The van der Waals surface area contributed by atoms with Crippen LogP contribution >= 0.6 is 0 Å². The second-order valence-corrected chi connectivity index (χ2v) is 4.95. The van der Waals surface area contributed by atoms with Gasteiger partial charge >= 0.3 is 5.97 Å². The van der Waals surface area contributed by atoms with Crippen LogP contribution in [-0.4, -0.2) is 47.6 Å². The first-order chi connectivity index (χ1) is 8.56. The first-order valence-electron chi connectivity index (χ1n) is 6.76. The Bertz CT molecular complexity index is 307. The quantitative estimate of drug-likeness (QED) is 0.719. The van der Waals surface area contributed by atoms with E-state index >= 15 is 0 Å². The minimum atomic E-state index is -0.707. The third-order valence-corrected chi connectivity index (χ3v) is 3.80. The lowest BCUT2D eigenvalue weighted by Gasteiger charge is -2.34. The van der Waals surface area contributed by atoms with Crippen molar-refractivity contribution in [3.05, 3.63) is 0 Å². The highest BCUT2D eigenvalue weighted by atomic mass is 16.4. The first-order valence-corrected chi connectivity index (χ1v) is 6.76. The Balaban J connectivity index is 2.56. The smallest absolute Gasteiger partial charge is 0.324 e. The zero-order chi connectivity index (χ0) is 13.6. The predicted molar refractivity (Wildman–Crippen MR) is 69.4 cm³/mol. The molecule has 2 N–H and O–H groups in total. The number of carboxylic acid groups (broad SMARTS) is 1. The Morgan fingerprint density at radius 1 is 1.44 bits per heavy atom. The third kappa shape index (κ3) is 3.22. The van der Waals surface area contributed by atoms with Crippen LogP contribution in [0.5, 0.6) is 0 Å². The van der Waals surface area contributed by atoms with Gasteiger partial charge in [0.1, 0.15) is 5.54 Å². The number of carbonyl (C=O) groups is 2. The minimum absolute atomic E-state index is 0.0191. The standard InChI is InChI=1S/C13H24N2O3/c1-3-7-13(12(17)18)8-5-10-15(13)9-4-6-11(16)14-2/h3-10H2,1-2H3,(H,14,16)(H,17,18). The molecule has 0 bridgehead atoms. The minimum Gasteiger partial charge on any atom is -0.480 e. The molecule has 5 nitrogen and oxygen atoms in total. The average Bonchev–Trinajstić information content (AvgIpc) is 2.74. The summed E-state index contributed by atoms with van der Waals surface area (Å²) in [6.45, 7) is 3.55. The molecule has 1 amide bonds. The van der Waals surface area contributed by atoms with Gasteiger partial charge in [0.05, 0.1) is 0 Å². The van der Waals surface area contributed by atoms with Gasteiger partial charge < -0.3 is 10.4 Å². The van der Waals surface area contributed by atoms with E-state index < -0.39 is 11.5 Å². The highest BCUT2D eigenvalue weighted by Crippen LogP contribution is 2.34. The molecule has 1 heterocycles. The number of likely N-dealkylation sites (tertiary alicyclic amines) is 1. The number of carbonyl (C=O) groups excluding carboxylic acids is 1. The molecular formula is C13H24N2O3. The molecule has 104 valence electrons. The molecule has 1 aliphatic rings.